The van der Waals surface area contributed by atoms with Crippen molar-refractivity contribution in [2.45, 2.75) is 26.9 Å². The second-order valence-corrected chi connectivity index (χ2v) is 5.79. The Morgan fingerprint density at radius 2 is 1.77 bits per heavy atom. The second kappa shape index (κ2) is 8.31. The summed E-state index contributed by atoms with van der Waals surface area (Å²) in [7, 11) is 0. The fourth-order valence-corrected chi connectivity index (χ4v) is 2.40. The number of hydrogen-bond acceptors (Lipinski definition) is 4. The van der Waals surface area contributed by atoms with Crippen molar-refractivity contribution in [2.24, 2.45) is 0 Å². The Morgan fingerprint density at radius 3 is 2.35 bits per heavy atom. The number of nitrogens with zero attached hydrogens (tertiary/aromatic N) is 4. The van der Waals surface area contributed by atoms with Gasteiger partial charge in [0.25, 0.3) is 0 Å². The number of alkyl halides is 3. The van der Waals surface area contributed by atoms with Crippen LogP contribution in [0.2, 0.25) is 0 Å². The fourth-order valence-electron chi connectivity index (χ4n) is 2.04. The number of benzene rings is 1. The smallest absolute Gasteiger partial charge is 0.324 e. The Hall–Kier alpha value is -2.42. The average Bonchev–Trinajstić information content (AvgIpc) is 3.01. The van der Waals surface area contributed by atoms with E-state index in [1.165, 1.54) is 13.1 Å². The number of anilines is 2. The molecule has 0 fully saturated rings. The molecule has 1 aromatic carbocycles. The highest BCUT2D eigenvalue weighted by atomic mass is 79.9. The van der Waals surface area contributed by atoms with Crippen LogP contribution in [-0.4, -0.2) is 19.7 Å². The highest BCUT2D eigenvalue weighted by Gasteiger charge is 2.34. The van der Waals surface area contributed by atoms with Crippen molar-refractivity contribution < 1.29 is 13.2 Å². The van der Waals surface area contributed by atoms with Gasteiger partial charge >= 0.3 is 6.18 Å². The Balaban J connectivity index is 0.00000117. The Morgan fingerprint density at radius 1 is 1.12 bits per heavy atom. The van der Waals surface area contributed by atoms with Crippen LogP contribution in [0.1, 0.15) is 25.2 Å². The molecule has 1 N–H and O–H groups in total. The lowest BCUT2D eigenvalue weighted by Crippen LogP contribution is -2.10. The number of halogens is 4. The van der Waals surface area contributed by atoms with Gasteiger partial charge in [-0.2, -0.15) is 23.3 Å². The van der Waals surface area contributed by atoms with E-state index in [1.807, 2.05) is 44.2 Å². The Bertz CT molecular complexity index is 863. The molecule has 2 aromatic heterocycles. The number of rotatable bonds is 3. The maximum Gasteiger partial charge on any atom is 0.435 e. The number of hydrogen-bond donors (Lipinski definition) is 1. The average molecular weight is 428 g/mol. The molecule has 0 aliphatic rings. The van der Waals surface area contributed by atoms with E-state index in [4.69, 9.17) is 0 Å². The van der Waals surface area contributed by atoms with Crippen LogP contribution >= 0.6 is 15.9 Å². The Kier molecular flexibility index (Phi) is 6.36. The van der Waals surface area contributed by atoms with Crippen LogP contribution in [0.4, 0.5) is 24.8 Å². The molecule has 0 spiro atoms. The summed E-state index contributed by atoms with van der Waals surface area (Å²) in [6, 6.07) is 10.2. The van der Waals surface area contributed by atoms with Crippen LogP contribution in [0.25, 0.3) is 5.82 Å². The van der Waals surface area contributed by atoms with Crippen LogP contribution in [0.3, 0.4) is 0 Å². The summed E-state index contributed by atoms with van der Waals surface area (Å²) < 4.78 is 40.1. The van der Waals surface area contributed by atoms with Crippen LogP contribution < -0.4 is 5.32 Å². The summed E-state index contributed by atoms with van der Waals surface area (Å²) in [4.78, 5) is 8.37. The monoisotopic (exact) mass is 427 g/mol. The predicted octanol–water partition coefficient (Wildman–Crippen LogP) is 5.52. The predicted molar refractivity (Wildman–Crippen MR) is 97.7 cm³/mol. The zero-order chi connectivity index (χ0) is 19.3. The van der Waals surface area contributed by atoms with E-state index in [-0.39, 0.29) is 11.8 Å². The first kappa shape index (κ1) is 19.9. The normalized spacial score (nSPS) is 10.9. The largest absolute Gasteiger partial charge is 0.435 e. The lowest BCUT2D eigenvalue weighted by atomic mass is 10.3. The van der Waals surface area contributed by atoms with Gasteiger partial charge in [-0.15, -0.1) is 0 Å². The van der Waals surface area contributed by atoms with E-state index in [1.54, 1.807) is 0 Å². The molecule has 138 valence electrons. The van der Waals surface area contributed by atoms with Crippen molar-refractivity contribution in [1.29, 1.82) is 0 Å². The molecule has 3 aromatic rings. The summed E-state index contributed by atoms with van der Waals surface area (Å²) in [5.74, 6) is 0.472. The topological polar surface area (TPSA) is 55.6 Å². The molecule has 2 heterocycles. The molecule has 26 heavy (non-hydrogen) atoms. The summed E-state index contributed by atoms with van der Waals surface area (Å²) in [6.07, 6.45) is -3.05. The molecule has 9 heteroatoms. The summed E-state index contributed by atoms with van der Waals surface area (Å²) in [6.45, 7) is 5.53. The molecule has 0 saturated carbocycles. The van der Waals surface area contributed by atoms with E-state index < -0.39 is 11.9 Å². The second-order valence-electron chi connectivity index (χ2n) is 4.94. The lowest BCUT2D eigenvalue weighted by molar-refractivity contribution is -0.141. The molecule has 0 aliphatic carbocycles. The van der Waals surface area contributed by atoms with E-state index in [2.05, 4.69) is 36.3 Å². The SMILES string of the molecule is CC.Cc1cc(C(F)(F)F)nn1-c1nc(Nc2ccccc2)ncc1Br. The van der Waals surface area contributed by atoms with Gasteiger partial charge in [-0.05, 0) is 41.1 Å². The van der Waals surface area contributed by atoms with Gasteiger partial charge in [-0.1, -0.05) is 32.0 Å². The van der Waals surface area contributed by atoms with Gasteiger partial charge in [0.1, 0.15) is 0 Å². The summed E-state index contributed by atoms with van der Waals surface area (Å²) in [5.41, 5.74) is 0.106. The minimum Gasteiger partial charge on any atom is -0.324 e. The van der Waals surface area contributed by atoms with E-state index in [0.29, 0.717) is 10.2 Å². The zero-order valence-corrected chi connectivity index (χ0v) is 15.9. The molecule has 5 nitrogen and oxygen atoms in total. The molecule has 3 rings (SSSR count). The molecule has 0 radical (unpaired) electrons. The van der Waals surface area contributed by atoms with Gasteiger partial charge in [-0.3, -0.25) is 0 Å². The first-order chi connectivity index (χ1) is 12.3. The molecule has 0 saturated heterocycles. The minimum atomic E-state index is -4.51. The van der Waals surface area contributed by atoms with Crippen molar-refractivity contribution in [2.75, 3.05) is 5.32 Å². The highest BCUT2D eigenvalue weighted by molar-refractivity contribution is 9.10. The standard InChI is InChI=1S/C15H11BrF3N5.C2H6/c1-9-7-12(15(17,18)19)23-24(9)13-11(16)8-20-14(22-13)21-10-5-3-2-4-6-10;1-2/h2-8H,1H3,(H,20,21,22);1-2H3. The molecule has 0 unspecified atom stereocenters. The molecule has 0 atom stereocenters. The van der Waals surface area contributed by atoms with Crippen molar-refractivity contribution in [3.63, 3.8) is 0 Å². The first-order valence-corrected chi connectivity index (χ1v) is 8.63. The van der Waals surface area contributed by atoms with E-state index in [0.717, 1.165) is 16.4 Å². The van der Waals surface area contributed by atoms with Crippen LogP contribution in [0.15, 0.2) is 47.1 Å². The van der Waals surface area contributed by atoms with Gasteiger partial charge in [0, 0.05) is 17.6 Å². The quantitative estimate of drug-likeness (QED) is 0.597. The molecule has 0 aliphatic heterocycles. The van der Waals surface area contributed by atoms with Gasteiger partial charge in [-0.25, -0.2) is 9.67 Å². The van der Waals surface area contributed by atoms with Crippen LogP contribution in [-0.2, 0) is 6.18 Å². The maximum absolute atomic E-state index is 12.8. The first-order valence-electron chi connectivity index (χ1n) is 7.83. The maximum atomic E-state index is 12.8. The zero-order valence-electron chi connectivity index (χ0n) is 14.3. The third kappa shape index (κ3) is 4.60. The van der Waals surface area contributed by atoms with E-state index in [9.17, 15) is 13.2 Å². The molecule has 0 bridgehead atoms. The lowest BCUT2D eigenvalue weighted by Gasteiger charge is -2.09. The van der Waals surface area contributed by atoms with Crippen molar-refractivity contribution in [1.82, 2.24) is 19.7 Å². The Labute approximate surface area is 157 Å². The summed E-state index contributed by atoms with van der Waals surface area (Å²) >= 11 is 3.25. The number of para-hydroxylation sites is 1. The number of nitrogens with one attached hydrogen (secondary N) is 1. The summed E-state index contributed by atoms with van der Waals surface area (Å²) in [5, 5.41) is 6.60. The van der Waals surface area contributed by atoms with Crippen molar-refractivity contribution in [3.05, 3.63) is 58.5 Å². The highest BCUT2D eigenvalue weighted by Crippen LogP contribution is 2.30. The third-order valence-corrected chi connectivity index (χ3v) is 3.69. The molecular weight excluding hydrogens is 411 g/mol. The fraction of sp³-hybridized carbons (Fsp3) is 0.235. The van der Waals surface area contributed by atoms with Gasteiger partial charge in [0.2, 0.25) is 5.95 Å². The van der Waals surface area contributed by atoms with Crippen molar-refractivity contribution in [3.8, 4) is 5.82 Å². The van der Waals surface area contributed by atoms with Crippen LogP contribution in [0, 0.1) is 6.92 Å². The molecule has 0 amide bonds. The van der Waals surface area contributed by atoms with Gasteiger partial charge in [0.15, 0.2) is 11.5 Å². The number of aryl methyl sites for hydroxylation is 1. The van der Waals surface area contributed by atoms with Crippen molar-refractivity contribution >= 4 is 27.6 Å². The van der Waals surface area contributed by atoms with Crippen LogP contribution in [0.5, 0.6) is 0 Å². The van der Waals surface area contributed by atoms with Gasteiger partial charge < -0.3 is 5.32 Å². The molecular formula is C17H17BrF3N5. The van der Waals surface area contributed by atoms with E-state index >= 15 is 0 Å². The number of aromatic nitrogens is 4. The third-order valence-electron chi connectivity index (χ3n) is 3.13. The minimum absolute atomic E-state index is 0.219. The van der Waals surface area contributed by atoms with Gasteiger partial charge in [0.05, 0.1) is 4.47 Å².